The van der Waals surface area contributed by atoms with E-state index in [0.717, 1.165) is 5.69 Å². The van der Waals surface area contributed by atoms with E-state index in [9.17, 15) is 4.79 Å². The number of ether oxygens (including phenoxy) is 1. The van der Waals surface area contributed by atoms with Crippen LogP contribution in [0, 0.1) is 6.92 Å². The van der Waals surface area contributed by atoms with E-state index in [-0.39, 0.29) is 12.5 Å². The highest BCUT2D eigenvalue weighted by atomic mass is 16.5. The van der Waals surface area contributed by atoms with Gasteiger partial charge >= 0.3 is 0 Å². The van der Waals surface area contributed by atoms with Crippen LogP contribution in [-0.4, -0.2) is 22.8 Å². The predicted molar refractivity (Wildman–Crippen MR) is 73.0 cm³/mol. The monoisotopic (exact) mass is 260 g/mol. The van der Waals surface area contributed by atoms with Gasteiger partial charge in [0.15, 0.2) is 0 Å². The summed E-state index contributed by atoms with van der Waals surface area (Å²) in [5, 5.41) is 6.89. The Morgan fingerprint density at radius 3 is 2.84 bits per heavy atom. The van der Waals surface area contributed by atoms with Crippen LogP contribution in [0.1, 0.15) is 5.69 Å². The third-order valence-corrected chi connectivity index (χ3v) is 2.61. The number of methoxy groups -OCH3 is 1. The molecule has 0 fully saturated rings. The SMILES string of the molecule is COc1ccc(NC(=O)Cn2ccc(C)n2)c(N)c1. The molecule has 0 atom stereocenters. The van der Waals surface area contributed by atoms with Crippen LogP contribution in [0.4, 0.5) is 11.4 Å². The molecule has 3 N–H and O–H groups in total. The second kappa shape index (κ2) is 5.43. The third-order valence-electron chi connectivity index (χ3n) is 2.61. The average molecular weight is 260 g/mol. The van der Waals surface area contributed by atoms with E-state index >= 15 is 0 Å². The van der Waals surface area contributed by atoms with Crippen molar-refractivity contribution in [1.29, 1.82) is 0 Å². The lowest BCUT2D eigenvalue weighted by molar-refractivity contribution is -0.116. The van der Waals surface area contributed by atoms with Crippen LogP contribution in [0.3, 0.4) is 0 Å². The maximum Gasteiger partial charge on any atom is 0.246 e. The van der Waals surface area contributed by atoms with Gasteiger partial charge in [0, 0.05) is 12.3 Å². The summed E-state index contributed by atoms with van der Waals surface area (Å²) >= 11 is 0. The molecule has 6 nitrogen and oxygen atoms in total. The molecule has 0 aliphatic heterocycles. The highest BCUT2D eigenvalue weighted by molar-refractivity contribution is 5.93. The number of benzene rings is 1. The molecule has 0 saturated carbocycles. The molecule has 1 aromatic heterocycles. The highest BCUT2D eigenvalue weighted by Gasteiger charge is 2.07. The van der Waals surface area contributed by atoms with Gasteiger partial charge in [-0.25, -0.2) is 0 Å². The first-order valence-corrected chi connectivity index (χ1v) is 5.82. The molecule has 0 aliphatic rings. The maximum absolute atomic E-state index is 11.8. The largest absolute Gasteiger partial charge is 0.497 e. The fraction of sp³-hybridized carbons (Fsp3) is 0.231. The lowest BCUT2D eigenvalue weighted by Crippen LogP contribution is -2.19. The number of hydrogen-bond acceptors (Lipinski definition) is 4. The number of nitrogens with two attached hydrogens (primary N) is 1. The number of carbonyl (C=O) groups is 1. The summed E-state index contributed by atoms with van der Waals surface area (Å²) in [6.45, 7) is 2.02. The lowest BCUT2D eigenvalue weighted by Gasteiger charge is -2.09. The van der Waals surface area contributed by atoms with E-state index in [1.165, 1.54) is 0 Å². The van der Waals surface area contributed by atoms with Gasteiger partial charge in [-0.3, -0.25) is 9.48 Å². The Morgan fingerprint density at radius 2 is 2.26 bits per heavy atom. The second-order valence-electron chi connectivity index (χ2n) is 4.16. The second-order valence-corrected chi connectivity index (χ2v) is 4.16. The minimum absolute atomic E-state index is 0.152. The summed E-state index contributed by atoms with van der Waals surface area (Å²) in [5.74, 6) is 0.471. The van der Waals surface area contributed by atoms with Gasteiger partial charge in [0.05, 0.1) is 24.2 Å². The van der Waals surface area contributed by atoms with Crippen molar-refractivity contribution in [2.24, 2.45) is 0 Å². The molecule has 0 unspecified atom stereocenters. The first-order valence-electron chi connectivity index (χ1n) is 5.82. The van der Waals surface area contributed by atoms with Crippen molar-refractivity contribution in [2.45, 2.75) is 13.5 Å². The fourth-order valence-corrected chi connectivity index (χ4v) is 1.67. The molecule has 1 aromatic carbocycles. The fourth-order valence-electron chi connectivity index (χ4n) is 1.67. The molecule has 19 heavy (non-hydrogen) atoms. The zero-order chi connectivity index (χ0) is 13.8. The first kappa shape index (κ1) is 12.9. The zero-order valence-corrected chi connectivity index (χ0v) is 10.9. The van der Waals surface area contributed by atoms with Crippen molar-refractivity contribution >= 4 is 17.3 Å². The number of aryl methyl sites for hydroxylation is 1. The van der Waals surface area contributed by atoms with E-state index in [2.05, 4.69) is 10.4 Å². The minimum atomic E-state index is -0.181. The van der Waals surface area contributed by atoms with E-state index in [1.54, 1.807) is 36.2 Å². The number of nitrogen functional groups attached to an aromatic ring is 1. The summed E-state index contributed by atoms with van der Waals surface area (Å²) in [6, 6.07) is 6.95. The molecule has 0 aliphatic carbocycles. The zero-order valence-electron chi connectivity index (χ0n) is 10.9. The van der Waals surface area contributed by atoms with Crippen molar-refractivity contribution in [3.8, 4) is 5.75 Å². The van der Waals surface area contributed by atoms with Crippen LogP contribution >= 0.6 is 0 Å². The summed E-state index contributed by atoms with van der Waals surface area (Å²) in [4.78, 5) is 11.8. The van der Waals surface area contributed by atoms with Crippen molar-refractivity contribution < 1.29 is 9.53 Å². The van der Waals surface area contributed by atoms with Gasteiger partial charge in [0.1, 0.15) is 12.3 Å². The standard InChI is InChI=1S/C13H16N4O2/c1-9-5-6-17(16-9)8-13(18)15-12-4-3-10(19-2)7-11(12)14/h3-7H,8,14H2,1-2H3,(H,15,18). The molecule has 0 radical (unpaired) electrons. The van der Waals surface area contributed by atoms with Crippen LogP contribution in [0.15, 0.2) is 30.5 Å². The maximum atomic E-state index is 11.8. The van der Waals surface area contributed by atoms with Crippen molar-refractivity contribution in [2.75, 3.05) is 18.2 Å². The van der Waals surface area contributed by atoms with Crippen molar-refractivity contribution in [1.82, 2.24) is 9.78 Å². The average Bonchev–Trinajstić information content (AvgIpc) is 2.77. The van der Waals surface area contributed by atoms with Gasteiger partial charge in [-0.2, -0.15) is 5.10 Å². The van der Waals surface area contributed by atoms with Gasteiger partial charge in [-0.1, -0.05) is 0 Å². The van der Waals surface area contributed by atoms with Gasteiger partial charge in [-0.15, -0.1) is 0 Å². The number of carbonyl (C=O) groups excluding carboxylic acids is 1. The van der Waals surface area contributed by atoms with Crippen LogP contribution in [0.2, 0.25) is 0 Å². The summed E-state index contributed by atoms with van der Waals surface area (Å²) < 4.78 is 6.62. The topological polar surface area (TPSA) is 82.2 Å². The minimum Gasteiger partial charge on any atom is -0.497 e. The highest BCUT2D eigenvalue weighted by Crippen LogP contribution is 2.23. The number of amides is 1. The Hall–Kier alpha value is -2.50. The number of nitrogens with one attached hydrogen (secondary N) is 1. The molecule has 0 bridgehead atoms. The van der Waals surface area contributed by atoms with Crippen LogP contribution in [-0.2, 0) is 11.3 Å². The smallest absolute Gasteiger partial charge is 0.246 e. The predicted octanol–water partition coefficient (Wildman–Crippen LogP) is 1.42. The van der Waals surface area contributed by atoms with Gasteiger partial charge in [-0.05, 0) is 25.1 Å². The van der Waals surface area contributed by atoms with Gasteiger partial charge < -0.3 is 15.8 Å². The van der Waals surface area contributed by atoms with Gasteiger partial charge in [0.25, 0.3) is 0 Å². The molecule has 0 spiro atoms. The van der Waals surface area contributed by atoms with Crippen LogP contribution in [0.25, 0.3) is 0 Å². The molecular formula is C13H16N4O2. The molecule has 6 heteroatoms. The van der Waals surface area contributed by atoms with E-state index in [1.807, 2.05) is 13.0 Å². The Kier molecular flexibility index (Phi) is 3.70. The van der Waals surface area contributed by atoms with Gasteiger partial charge in [0.2, 0.25) is 5.91 Å². The van der Waals surface area contributed by atoms with Crippen molar-refractivity contribution in [3.05, 3.63) is 36.2 Å². The lowest BCUT2D eigenvalue weighted by atomic mass is 10.2. The Balaban J connectivity index is 2.02. The number of rotatable bonds is 4. The number of anilines is 2. The molecule has 0 saturated heterocycles. The quantitative estimate of drug-likeness (QED) is 0.814. The first-order chi connectivity index (χ1) is 9.08. The number of hydrogen-bond donors (Lipinski definition) is 2. The van der Waals surface area contributed by atoms with E-state index in [4.69, 9.17) is 10.5 Å². The molecule has 2 aromatic rings. The Bertz CT molecular complexity index is 592. The Labute approximate surface area is 111 Å². The normalized spacial score (nSPS) is 10.2. The number of nitrogens with zero attached hydrogens (tertiary/aromatic N) is 2. The number of aromatic nitrogens is 2. The summed E-state index contributed by atoms with van der Waals surface area (Å²) in [7, 11) is 1.56. The molecule has 1 heterocycles. The molecular weight excluding hydrogens is 244 g/mol. The van der Waals surface area contributed by atoms with Crippen LogP contribution < -0.4 is 15.8 Å². The summed E-state index contributed by atoms with van der Waals surface area (Å²) in [6.07, 6.45) is 1.76. The van der Waals surface area contributed by atoms with E-state index < -0.39 is 0 Å². The summed E-state index contributed by atoms with van der Waals surface area (Å²) in [5.41, 5.74) is 7.72. The third kappa shape index (κ3) is 3.25. The van der Waals surface area contributed by atoms with E-state index in [0.29, 0.717) is 17.1 Å². The van der Waals surface area contributed by atoms with Crippen LogP contribution in [0.5, 0.6) is 5.75 Å². The molecule has 100 valence electrons. The Morgan fingerprint density at radius 1 is 1.47 bits per heavy atom. The molecule has 2 rings (SSSR count). The molecule has 1 amide bonds. The van der Waals surface area contributed by atoms with Crippen molar-refractivity contribution in [3.63, 3.8) is 0 Å².